The number of halogens is 1. The molecule has 0 heterocycles. The largest absolute Gasteiger partial charge is 0.466 e. The first-order chi connectivity index (χ1) is 9.67. The van der Waals surface area contributed by atoms with Gasteiger partial charge < -0.3 is 15.4 Å². The third-order valence-corrected chi connectivity index (χ3v) is 3.56. The number of carbonyl (C=O) groups excluding carboxylic acids is 1. The Morgan fingerprint density at radius 1 is 1.29 bits per heavy atom. The summed E-state index contributed by atoms with van der Waals surface area (Å²) < 4.78 is 4.89. The fourth-order valence-corrected chi connectivity index (χ4v) is 2.08. The summed E-state index contributed by atoms with van der Waals surface area (Å²) in [6.45, 7) is 5.50. The van der Waals surface area contributed by atoms with Gasteiger partial charge in [0.25, 0.3) is 0 Å². The van der Waals surface area contributed by atoms with Crippen molar-refractivity contribution in [2.75, 3.05) is 20.2 Å². The summed E-state index contributed by atoms with van der Waals surface area (Å²) in [5.74, 6) is 1.61. The molecule has 1 rings (SSSR count). The van der Waals surface area contributed by atoms with Crippen LogP contribution in [-0.4, -0.2) is 38.2 Å². The molecule has 5 nitrogen and oxygen atoms in total. The highest BCUT2D eigenvalue weighted by atomic mass is 127. The lowest BCUT2D eigenvalue weighted by molar-refractivity contribution is -0.143. The Kier molecular flexibility index (Phi) is 11.8. The second kappa shape index (κ2) is 12.1. The third kappa shape index (κ3) is 9.92. The molecule has 0 radical (unpaired) electrons. The zero-order valence-corrected chi connectivity index (χ0v) is 15.8. The number of aliphatic imine (C=N–C) groups is 1. The van der Waals surface area contributed by atoms with Gasteiger partial charge in [-0.2, -0.15) is 0 Å². The van der Waals surface area contributed by atoms with Crippen molar-refractivity contribution in [1.82, 2.24) is 10.6 Å². The van der Waals surface area contributed by atoms with Gasteiger partial charge in [-0.05, 0) is 32.1 Å². The molecular weight excluding hydrogens is 381 g/mol. The molecule has 0 aromatic heterocycles. The summed E-state index contributed by atoms with van der Waals surface area (Å²) >= 11 is 0. The van der Waals surface area contributed by atoms with Crippen molar-refractivity contribution in [2.24, 2.45) is 10.9 Å². The number of hydrogen-bond acceptors (Lipinski definition) is 3. The number of rotatable bonds is 9. The van der Waals surface area contributed by atoms with Gasteiger partial charge in [-0.25, -0.2) is 0 Å². The molecule has 1 aliphatic rings. The van der Waals surface area contributed by atoms with E-state index in [0.29, 0.717) is 19.1 Å². The summed E-state index contributed by atoms with van der Waals surface area (Å²) in [6.07, 6.45) is 6.02. The van der Waals surface area contributed by atoms with E-state index in [2.05, 4.69) is 22.5 Å². The van der Waals surface area contributed by atoms with Gasteiger partial charge in [0.15, 0.2) is 5.96 Å². The fourth-order valence-electron chi connectivity index (χ4n) is 2.08. The van der Waals surface area contributed by atoms with Crippen LogP contribution in [0.2, 0.25) is 0 Å². The second-order valence-electron chi connectivity index (χ2n) is 5.43. The smallest absolute Gasteiger partial charge is 0.305 e. The van der Waals surface area contributed by atoms with E-state index >= 15 is 0 Å². The van der Waals surface area contributed by atoms with E-state index in [1.54, 1.807) is 0 Å². The number of unbranched alkanes of at least 4 members (excludes halogenated alkanes) is 3. The van der Waals surface area contributed by atoms with E-state index < -0.39 is 0 Å². The van der Waals surface area contributed by atoms with Crippen LogP contribution in [0.3, 0.4) is 0 Å². The summed E-state index contributed by atoms with van der Waals surface area (Å²) in [4.78, 5) is 15.4. The Balaban J connectivity index is 0.00000400. The standard InChI is InChI=1S/C15H29N3O2.HI/c1-4-20-14(19)9-7-5-6-8-10-17-15(16-3)18-13-11-12(13)2;/h12-13H,4-11H2,1-3H3,(H2,16,17,18);1H. The van der Waals surface area contributed by atoms with Crippen LogP contribution in [0.4, 0.5) is 0 Å². The SMILES string of the molecule is CCOC(=O)CCCCCCNC(=NC)NC1CC1C.I. The molecule has 0 saturated heterocycles. The van der Waals surface area contributed by atoms with Crippen LogP contribution < -0.4 is 10.6 Å². The molecule has 6 heteroatoms. The maximum atomic E-state index is 11.1. The molecule has 2 atom stereocenters. The molecule has 124 valence electrons. The van der Waals surface area contributed by atoms with Gasteiger partial charge in [-0.1, -0.05) is 19.8 Å². The molecule has 0 bridgehead atoms. The summed E-state index contributed by atoms with van der Waals surface area (Å²) in [6, 6.07) is 0.603. The van der Waals surface area contributed by atoms with Crippen molar-refractivity contribution in [3.05, 3.63) is 0 Å². The molecule has 1 fully saturated rings. The minimum atomic E-state index is -0.0752. The van der Waals surface area contributed by atoms with Gasteiger partial charge >= 0.3 is 5.97 Å². The van der Waals surface area contributed by atoms with Crippen LogP contribution in [-0.2, 0) is 9.53 Å². The zero-order valence-electron chi connectivity index (χ0n) is 13.5. The minimum absolute atomic E-state index is 0. The highest BCUT2D eigenvalue weighted by Gasteiger charge is 2.32. The number of nitrogens with zero attached hydrogens (tertiary/aromatic N) is 1. The predicted octanol–water partition coefficient (Wildman–Crippen LogP) is 2.69. The molecule has 2 N–H and O–H groups in total. The Morgan fingerprint density at radius 3 is 2.52 bits per heavy atom. The average molecular weight is 411 g/mol. The monoisotopic (exact) mass is 411 g/mol. The second-order valence-corrected chi connectivity index (χ2v) is 5.43. The first-order valence-electron chi connectivity index (χ1n) is 7.80. The van der Waals surface area contributed by atoms with E-state index in [1.165, 1.54) is 6.42 Å². The van der Waals surface area contributed by atoms with Crippen molar-refractivity contribution >= 4 is 35.9 Å². The van der Waals surface area contributed by atoms with Crippen LogP contribution >= 0.6 is 24.0 Å². The summed E-state index contributed by atoms with van der Waals surface area (Å²) in [7, 11) is 1.81. The lowest BCUT2D eigenvalue weighted by Crippen LogP contribution is -2.39. The normalized spacial score (nSPS) is 20.4. The highest BCUT2D eigenvalue weighted by Crippen LogP contribution is 2.28. The molecule has 1 aliphatic carbocycles. The van der Waals surface area contributed by atoms with Crippen LogP contribution in [0, 0.1) is 5.92 Å². The van der Waals surface area contributed by atoms with E-state index in [4.69, 9.17) is 4.74 Å². The summed E-state index contributed by atoms with van der Waals surface area (Å²) in [5, 5.41) is 6.73. The maximum absolute atomic E-state index is 11.1. The van der Waals surface area contributed by atoms with E-state index in [1.807, 2.05) is 14.0 Å². The molecule has 0 aromatic rings. The van der Waals surface area contributed by atoms with E-state index in [9.17, 15) is 4.79 Å². The molecule has 2 unspecified atom stereocenters. The lowest BCUT2D eigenvalue weighted by atomic mass is 10.1. The predicted molar refractivity (Wildman–Crippen MR) is 97.2 cm³/mol. The molecule has 21 heavy (non-hydrogen) atoms. The van der Waals surface area contributed by atoms with Crippen molar-refractivity contribution in [3.63, 3.8) is 0 Å². The number of nitrogens with one attached hydrogen (secondary N) is 2. The molecule has 0 aliphatic heterocycles. The molecule has 1 saturated carbocycles. The number of ether oxygens (including phenoxy) is 1. The molecular formula is C15H30IN3O2. The summed E-state index contributed by atoms with van der Waals surface area (Å²) in [5.41, 5.74) is 0. The van der Waals surface area contributed by atoms with Gasteiger partial charge in [0.1, 0.15) is 0 Å². The Hall–Kier alpha value is -0.530. The Bertz CT molecular complexity index is 324. The molecule has 0 spiro atoms. The van der Waals surface area contributed by atoms with Crippen molar-refractivity contribution in [2.45, 2.75) is 58.4 Å². The van der Waals surface area contributed by atoms with Gasteiger partial charge in [0, 0.05) is 26.1 Å². The molecule has 0 amide bonds. The first kappa shape index (κ1) is 20.5. The number of esters is 1. The van der Waals surface area contributed by atoms with Crippen LogP contribution in [0.15, 0.2) is 4.99 Å². The van der Waals surface area contributed by atoms with Gasteiger partial charge in [-0.15, -0.1) is 24.0 Å². The van der Waals surface area contributed by atoms with Crippen LogP contribution in [0.5, 0.6) is 0 Å². The minimum Gasteiger partial charge on any atom is -0.466 e. The van der Waals surface area contributed by atoms with Crippen LogP contribution in [0.25, 0.3) is 0 Å². The lowest BCUT2D eigenvalue weighted by Gasteiger charge is -2.11. The topological polar surface area (TPSA) is 62.7 Å². The van der Waals surface area contributed by atoms with Gasteiger partial charge in [-0.3, -0.25) is 9.79 Å². The van der Waals surface area contributed by atoms with Crippen molar-refractivity contribution in [3.8, 4) is 0 Å². The Morgan fingerprint density at radius 2 is 1.95 bits per heavy atom. The molecule has 0 aromatic carbocycles. The third-order valence-electron chi connectivity index (χ3n) is 3.56. The van der Waals surface area contributed by atoms with E-state index in [0.717, 1.165) is 44.1 Å². The maximum Gasteiger partial charge on any atom is 0.305 e. The average Bonchev–Trinajstić information content (AvgIpc) is 3.12. The zero-order chi connectivity index (χ0) is 14.8. The highest BCUT2D eigenvalue weighted by molar-refractivity contribution is 14.0. The number of hydrogen-bond donors (Lipinski definition) is 2. The number of carbonyl (C=O) groups is 1. The first-order valence-corrected chi connectivity index (χ1v) is 7.80. The number of guanidine groups is 1. The van der Waals surface area contributed by atoms with Crippen LogP contribution in [0.1, 0.15) is 52.4 Å². The quantitative estimate of drug-likeness (QED) is 0.201. The van der Waals surface area contributed by atoms with E-state index in [-0.39, 0.29) is 29.9 Å². The van der Waals surface area contributed by atoms with Gasteiger partial charge in [0.05, 0.1) is 6.61 Å². The fraction of sp³-hybridized carbons (Fsp3) is 0.867. The van der Waals surface area contributed by atoms with Crippen molar-refractivity contribution in [1.29, 1.82) is 0 Å². The van der Waals surface area contributed by atoms with Crippen molar-refractivity contribution < 1.29 is 9.53 Å². The van der Waals surface area contributed by atoms with Gasteiger partial charge in [0.2, 0.25) is 0 Å². The Labute approximate surface area is 145 Å².